The highest BCUT2D eigenvalue weighted by Gasteiger charge is 2.16. The number of carbonyl (C=O) groups excluding carboxylic acids is 1. The predicted molar refractivity (Wildman–Crippen MR) is 87.2 cm³/mol. The lowest BCUT2D eigenvalue weighted by Gasteiger charge is -2.23. The molecule has 0 saturated heterocycles. The summed E-state index contributed by atoms with van der Waals surface area (Å²) in [5.74, 6) is 0.108. The summed E-state index contributed by atoms with van der Waals surface area (Å²) < 4.78 is 0. The molecule has 1 aliphatic carbocycles. The highest BCUT2D eigenvalue weighted by atomic mass is 16.2. The first-order valence-electron chi connectivity index (χ1n) is 7.99. The van der Waals surface area contributed by atoms with Crippen molar-refractivity contribution in [1.82, 2.24) is 5.32 Å². The van der Waals surface area contributed by atoms with Crippen molar-refractivity contribution in [1.29, 1.82) is 0 Å². The molecule has 2 rings (SSSR count). The summed E-state index contributed by atoms with van der Waals surface area (Å²) >= 11 is 0. The number of anilines is 1. The summed E-state index contributed by atoms with van der Waals surface area (Å²) in [4.78, 5) is 14.2. The number of nitrogens with two attached hydrogens (primary N) is 1. The molecule has 1 saturated carbocycles. The van der Waals surface area contributed by atoms with Crippen LogP contribution < -0.4 is 16.0 Å². The van der Waals surface area contributed by atoms with E-state index in [0.717, 1.165) is 24.1 Å². The van der Waals surface area contributed by atoms with E-state index in [4.69, 9.17) is 5.73 Å². The number of hydrogen-bond acceptors (Lipinski definition) is 3. The van der Waals surface area contributed by atoms with Crippen molar-refractivity contribution in [2.24, 2.45) is 5.73 Å². The molecule has 1 fully saturated rings. The zero-order valence-corrected chi connectivity index (χ0v) is 13.0. The van der Waals surface area contributed by atoms with Crippen LogP contribution in [0, 0.1) is 0 Å². The van der Waals surface area contributed by atoms with Crippen molar-refractivity contribution >= 4 is 11.6 Å². The van der Waals surface area contributed by atoms with Crippen LogP contribution in [0.5, 0.6) is 0 Å². The Morgan fingerprint density at radius 1 is 1.24 bits per heavy atom. The van der Waals surface area contributed by atoms with Crippen LogP contribution in [0.2, 0.25) is 0 Å². The quantitative estimate of drug-likeness (QED) is 0.818. The van der Waals surface area contributed by atoms with Crippen LogP contribution in [0.3, 0.4) is 0 Å². The van der Waals surface area contributed by atoms with Gasteiger partial charge in [-0.3, -0.25) is 4.79 Å². The summed E-state index contributed by atoms with van der Waals surface area (Å²) in [7, 11) is 1.95. The molecule has 1 amide bonds. The molecule has 0 atom stereocenters. The van der Waals surface area contributed by atoms with Gasteiger partial charge >= 0.3 is 0 Å². The number of rotatable bonds is 5. The minimum Gasteiger partial charge on any atom is -0.365 e. The van der Waals surface area contributed by atoms with Gasteiger partial charge in [0.1, 0.15) is 0 Å². The van der Waals surface area contributed by atoms with Gasteiger partial charge in [0.2, 0.25) is 5.91 Å². The van der Waals surface area contributed by atoms with Gasteiger partial charge in [0, 0.05) is 25.3 Å². The summed E-state index contributed by atoms with van der Waals surface area (Å²) in [6, 6.07) is 8.34. The molecule has 0 aliphatic heterocycles. The summed E-state index contributed by atoms with van der Waals surface area (Å²) in [5, 5.41) is 3.19. The fraction of sp³-hybridized carbons (Fsp3) is 0.588. The molecule has 1 aromatic carbocycles. The second kappa shape index (κ2) is 8.03. The van der Waals surface area contributed by atoms with Crippen LogP contribution in [0.4, 0.5) is 5.69 Å². The minimum atomic E-state index is 0.108. The van der Waals surface area contributed by atoms with Crippen LogP contribution in [0.15, 0.2) is 24.3 Å². The summed E-state index contributed by atoms with van der Waals surface area (Å²) in [5.41, 5.74) is 7.87. The van der Waals surface area contributed by atoms with Crippen molar-refractivity contribution in [3.8, 4) is 0 Å². The third kappa shape index (κ3) is 4.74. The molecule has 0 unspecified atom stereocenters. The number of nitrogens with zero attached hydrogens (tertiary/aromatic N) is 1. The SMILES string of the molecule is CN(CC(=O)NC1CCCCCC1)c1ccccc1CN. The first-order valence-corrected chi connectivity index (χ1v) is 7.99. The Morgan fingerprint density at radius 3 is 2.57 bits per heavy atom. The highest BCUT2D eigenvalue weighted by molar-refractivity contribution is 5.81. The van der Waals surface area contributed by atoms with Gasteiger partial charge in [0.15, 0.2) is 0 Å². The monoisotopic (exact) mass is 289 g/mol. The number of benzene rings is 1. The number of amides is 1. The molecule has 0 spiro atoms. The normalized spacial score (nSPS) is 16.3. The van der Waals surface area contributed by atoms with Gasteiger partial charge in [-0.05, 0) is 24.5 Å². The van der Waals surface area contributed by atoms with Crippen molar-refractivity contribution in [2.45, 2.75) is 51.1 Å². The molecule has 3 N–H and O–H groups in total. The zero-order valence-electron chi connectivity index (χ0n) is 13.0. The van der Waals surface area contributed by atoms with Gasteiger partial charge in [0.25, 0.3) is 0 Å². The maximum atomic E-state index is 12.2. The van der Waals surface area contributed by atoms with Gasteiger partial charge < -0.3 is 16.0 Å². The van der Waals surface area contributed by atoms with Crippen LogP contribution >= 0.6 is 0 Å². The molecular formula is C17H27N3O. The van der Waals surface area contributed by atoms with Crippen LogP contribution in [0.1, 0.15) is 44.1 Å². The van der Waals surface area contributed by atoms with E-state index >= 15 is 0 Å². The van der Waals surface area contributed by atoms with Gasteiger partial charge in [0.05, 0.1) is 6.54 Å². The van der Waals surface area contributed by atoms with Crippen molar-refractivity contribution in [3.05, 3.63) is 29.8 Å². The lowest BCUT2D eigenvalue weighted by molar-refractivity contribution is -0.120. The average Bonchev–Trinajstić information content (AvgIpc) is 2.75. The largest absolute Gasteiger partial charge is 0.365 e. The molecule has 0 aromatic heterocycles. The zero-order chi connectivity index (χ0) is 15.1. The second-order valence-corrected chi connectivity index (χ2v) is 5.94. The van der Waals surface area contributed by atoms with Crippen molar-refractivity contribution < 1.29 is 4.79 Å². The van der Waals surface area contributed by atoms with Gasteiger partial charge in [-0.1, -0.05) is 43.9 Å². The Bertz CT molecular complexity index is 453. The van der Waals surface area contributed by atoms with Crippen LogP contribution in [-0.4, -0.2) is 25.5 Å². The maximum absolute atomic E-state index is 12.2. The second-order valence-electron chi connectivity index (χ2n) is 5.94. The van der Waals surface area contributed by atoms with E-state index in [1.165, 1.54) is 25.7 Å². The number of nitrogens with one attached hydrogen (secondary N) is 1. The molecule has 0 bridgehead atoms. The molecule has 1 aliphatic rings. The fourth-order valence-electron chi connectivity index (χ4n) is 3.05. The predicted octanol–water partition coefficient (Wildman–Crippen LogP) is 2.42. The van der Waals surface area contributed by atoms with E-state index in [1.54, 1.807) is 0 Å². The lowest BCUT2D eigenvalue weighted by atomic mass is 10.1. The summed E-state index contributed by atoms with van der Waals surface area (Å²) in [6.45, 7) is 0.873. The van der Waals surface area contributed by atoms with Crippen molar-refractivity contribution in [2.75, 3.05) is 18.5 Å². The van der Waals surface area contributed by atoms with E-state index in [2.05, 4.69) is 5.32 Å². The van der Waals surface area contributed by atoms with Crippen LogP contribution in [0.25, 0.3) is 0 Å². The Balaban J connectivity index is 1.89. The fourth-order valence-corrected chi connectivity index (χ4v) is 3.05. The smallest absolute Gasteiger partial charge is 0.239 e. The highest BCUT2D eigenvalue weighted by Crippen LogP contribution is 2.19. The standard InChI is InChI=1S/C17H27N3O/c1-20(16-11-7-6-8-14(16)12-18)13-17(21)19-15-9-4-2-3-5-10-15/h6-8,11,15H,2-5,9-10,12-13,18H2,1H3,(H,19,21). The third-order valence-electron chi connectivity index (χ3n) is 4.22. The summed E-state index contributed by atoms with van der Waals surface area (Å²) in [6.07, 6.45) is 7.31. The van der Waals surface area contributed by atoms with E-state index in [-0.39, 0.29) is 5.91 Å². The van der Waals surface area contributed by atoms with Crippen molar-refractivity contribution in [3.63, 3.8) is 0 Å². The Labute approximate surface area is 127 Å². The molecule has 0 heterocycles. The first-order chi connectivity index (χ1) is 10.2. The van der Waals surface area contributed by atoms with E-state index < -0.39 is 0 Å². The molecule has 0 radical (unpaired) electrons. The number of likely N-dealkylation sites (N-methyl/N-ethyl adjacent to an activating group) is 1. The average molecular weight is 289 g/mol. The molecule has 4 nitrogen and oxygen atoms in total. The topological polar surface area (TPSA) is 58.4 Å². The number of carbonyl (C=O) groups is 1. The van der Waals surface area contributed by atoms with Gasteiger partial charge in [-0.2, -0.15) is 0 Å². The molecular weight excluding hydrogens is 262 g/mol. The van der Waals surface area contributed by atoms with Crippen LogP contribution in [-0.2, 0) is 11.3 Å². The molecule has 4 heteroatoms. The Kier molecular flexibility index (Phi) is 6.05. The van der Waals surface area contributed by atoms with Gasteiger partial charge in [-0.15, -0.1) is 0 Å². The minimum absolute atomic E-state index is 0.108. The molecule has 21 heavy (non-hydrogen) atoms. The number of hydrogen-bond donors (Lipinski definition) is 2. The van der Waals surface area contributed by atoms with E-state index in [9.17, 15) is 4.79 Å². The molecule has 116 valence electrons. The maximum Gasteiger partial charge on any atom is 0.239 e. The number of para-hydroxylation sites is 1. The van der Waals surface area contributed by atoms with Gasteiger partial charge in [-0.25, -0.2) is 0 Å². The molecule has 1 aromatic rings. The Hall–Kier alpha value is -1.55. The van der Waals surface area contributed by atoms with E-state index in [1.807, 2.05) is 36.2 Å². The Morgan fingerprint density at radius 2 is 1.90 bits per heavy atom. The first kappa shape index (κ1) is 15.8. The van der Waals surface area contributed by atoms with E-state index in [0.29, 0.717) is 19.1 Å². The third-order valence-corrected chi connectivity index (χ3v) is 4.22. The lowest BCUT2D eigenvalue weighted by Crippen LogP contribution is -2.41.